The first kappa shape index (κ1) is 33.9. The van der Waals surface area contributed by atoms with Crippen LogP contribution in [-0.2, 0) is 0 Å². The minimum Gasteiger partial charge on any atom is -0.355 e. The maximum atomic E-state index is 5.05. The number of para-hydroxylation sites is 3. The van der Waals surface area contributed by atoms with Crippen LogP contribution in [0.15, 0.2) is 200 Å². The van der Waals surface area contributed by atoms with Gasteiger partial charge in [0.1, 0.15) is 0 Å². The summed E-state index contributed by atoms with van der Waals surface area (Å²) < 4.78 is 2.37. The van der Waals surface area contributed by atoms with Gasteiger partial charge in [-0.15, -0.1) is 0 Å². The van der Waals surface area contributed by atoms with Crippen molar-refractivity contribution in [2.75, 3.05) is 5.32 Å². The number of nitrogens with zero attached hydrogens (tertiary/aromatic N) is 4. The monoisotopic (exact) mass is 731 g/mol. The molecule has 5 nitrogen and oxygen atoms in total. The highest BCUT2D eigenvalue weighted by molar-refractivity contribution is 6.17. The summed E-state index contributed by atoms with van der Waals surface area (Å²) in [6.07, 6.45) is 0. The summed E-state index contributed by atoms with van der Waals surface area (Å²) in [6.45, 7) is 2.18. The number of anilines is 2. The first-order valence-corrected chi connectivity index (χ1v) is 19.2. The van der Waals surface area contributed by atoms with Gasteiger partial charge in [0.25, 0.3) is 0 Å². The number of nitrogens with one attached hydrogen (secondary N) is 1. The Hall–Kier alpha value is -7.63. The van der Waals surface area contributed by atoms with Gasteiger partial charge >= 0.3 is 0 Å². The summed E-state index contributed by atoms with van der Waals surface area (Å²) >= 11 is 0. The zero-order valence-electron chi connectivity index (χ0n) is 31.3. The van der Waals surface area contributed by atoms with E-state index in [4.69, 9.17) is 15.0 Å². The minimum atomic E-state index is 0.621. The molecule has 57 heavy (non-hydrogen) atoms. The molecule has 0 saturated heterocycles. The molecule has 0 aliphatic heterocycles. The summed E-state index contributed by atoms with van der Waals surface area (Å²) in [5, 5.41) is 6.22. The maximum Gasteiger partial charge on any atom is 0.164 e. The van der Waals surface area contributed by atoms with Crippen LogP contribution in [0.3, 0.4) is 0 Å². The lowest BCUT2D eigenvalue weighted by atomic mass is 9.91. The minimum absolute atomic E-state index is 0.621. The van der Waals surface area contributed by atoms with Gasteiger partial charge in [0.2, 0.25) is 0 Å². The third-order valence-electron chi connectivity index (χ3n) is 10.6. The van der Waals surface area contributed by atoms with Crippen LogP contribution in [0.4, 0.5) is 11.4 Å². The molecule has 0 amide bonds. The summed E-state index contributed by atoms with van der Waals surface area (Å²) in [6, 6.07) is 69.8. The van der Waals surface area contributed by atoms with Crippen molar-refractivity contribution in [2.45, 2.75) is 6.92 Å². The van der Waals surface area contributed by atoms with E-state index < -0.39 is 0 Å². The Labute approximate surface area is 331 Å². The lowest BCUT2D eigenvalue weighted by Crippen LogP contribution is -2.01. The van der Waals surface area contributed by atoms with Crippen molar-refractivity contribution in [1.82, 2.24) is 19.5 Å². The van der Waals surface area contributed by atoms with E-state index in [1.807, 2.05) is 60.7 Å². The van der Waals surface area contributed by atoms with Crippen LogP contribution in [-0.4, -0.2) is 19.5 Å². The van der Waals surface area contributed by atoms with E-state index in [9.17, 15) is 0 Å². The summed E-state index contributed by atoms with van der Waals surface area (Å²) in [7, 11) is 0. The highest BCUT2D eigenvalue weighted by Gasteiger charge is 2.21. The lowest BCUT2D eigenvalue weighted by molar-refractivity contribution is 1.07. The van der Waals surface area contributed by atoms with Crippen LogP contribution in [0.1, 0.15) is 5.56 Å². The molecule has 0 radical (unpaired) electrons. The molecule has 0 fully saturated rings. The smallest absolute Gasteiger partial charge is 0.164 e. The number of benzene rings is 8. The number of rotatable bonds is 8. The summed E-state index contributed by atoms with van der Waals surface area (Å²) in [4.78, 5) is 15.0. The van der Waals surface area contributed by atoms with Gasteiger partial charge in [0.05, 0.1) is 16.7 Å². The van der Waals surface area contributed by atoms with Gasteiger partial charge in [0.15, 0.2) is 17.5 Å². The Morgan fingerprint density at radius 3 is 1.60 bits per heavy atom. The normalized spacial score (nSPS) is 11.2. The second kappa shape index (κ2) is 14.5. The van der Waals surface area contributed by atoms with Crippen molar-refractivity contribution in [2.24, 2.45) is 0 Å². The number of aromatic nitrogens is 4. The highest BCUT2D eigenvalue weighted by atomic mass is 15.0. The molecule has 0 spiro atoms. The van der Waals surface area contributed by atoms with Crippen LogP contribution in [0.2, 0.25) is 0 Å². The van der Waals surface area contributed by atoms with Gasteiger partial charge in [-0.3, -0.25) is 0 Å². The van der Waals surface area contributed by atoms with E-state index in [1.54, 1.807) is 0 Å². The number of aryl methyl sites for hydroxylation is 1. The second-order valence-electron chi connectivity index (χ2n) is 14.2. The van der Waals surface area contributed by atoms with E-state index in [0.717, 1.165) is 61.5 Å². The van der Waals surface area contributed by atoms with E-state index in [1.165, 1.54) is 21.9 Å². The Morgan fingerprint density at radius 2 is 0.895 bits per heavy atom. The number of fused-ring (bicyclic) bond motifs is 3. The molecule has 270 valence electrons. The molecule has 0 aliphatic rings. The molecule has 2 heterocycles. The fourth-order valence-corrected chi connectivity index (χ4v) is 7.92. The fraction of sp³-hybridized carbons (Fsp3) is 0.0192. The molecule has 1 N–H and O–H groups in total. The van der Waals surface area contributed by atoms with Crippen LogP contribution in [0.25, 0.3) is 83.9 Å². The van der Waals surface area contributed by atoms with Gasteiger partial charge in [-0.2, -0.15) is 0 Å². The average Bonchev–Trinajstić information content (AvgIpc) is 3.62. The van der Waals surface area contributed by atoms with Crippen LogP contribution in [0, 0.1) is 6.92 Å². The summed E-state index contributed by atoms with van der Waals surface area (Å²) in [5.41, 5.74) is 14.0. The predicted octanol–water partition coefficient (Wildman–Crippen LogP) is 13.4. The molecular formula is C52H37N5. The van der Waals surface area contributed by atoms with Gasteiger partial charge in [0, 0.05) is 50.0 Å². The van der Waals surface area contributed by atoms with Gasteiger partial charge in [-0.05, 0) is 60.0 Å². The van der Waals surface area contributed by atoms with Crippen LogP contribution >= 0.6 is 0 Å². The zero-order chi connectivity index (χ0) is 38.1. The van der Waals surface area contributed by atoms with Crippen molar-refractivity contribution in [1.29, 1.82) is 0 Å². The zero-order valence-corrected chi connectivity index (χ0v) is 31.3. The SMILES string of the molecule is Cc1ccccc1-c1cccc(-c2cccc3c2c2ccccc2n3-c2cccc(-c3nc(-c4ccccc4)nc(-c4ccccc4)n3)c2)c1Nc1ccccc1. The van der Waals surface area contributed by atoms with Gasteiger partial charge in [-0.25, -0.2) is 15.0 Å². The molecule has 0 atom stereocenters. The highest BCUT2D eigenvalue weighted by Crippen LogP contribution is 2.45. The quantitative estimate of drug-likeness (QED) is 0.169. The summed E-state index contributed by atoms with van der Waals surface area (Å²) in [5.74, 6) is 1.90. The molecule has 0 aliphatic carbocycles. The van der Waals surface area contributed by atoms with E-state index in [-0.39, 0.29) is 0 Å². The third kappa shape index (κ3) is 6.31. The lowest BCUT2D eigenvalue weighted by Gasteiger charge is -2.19. The first-order chi connectivity index (χ1) is 28.2. The van der Waals surface area contributed by atoms with E-state index >= 15 is 0 Å². The Bertz CT molecular complexity index is 2990. The maximum absolute atomic E-state index is 5.05. The fourth-order valence-electron chi connectivity index (χ4n) is 7.92. The second-order valence-corrected chi connectivity index (χ2v) is 14.2. The topological polar surface area (TPSA) is 55.6 Å². The Morgan fingerprint density at radius 1 is 0.404 bits per heavy atom. The average molecular weight is 732 g/mol. The molecule has 10 rings (SSSR count). The largest absolute Gasteiger partial charge is 0.355 e. The third-order valence-corrected chi connectivity index (χ3v) is 10.6. The van der Waals surface area contributed by atoms with Gasteiger partial charge in [-0.1, -0.05) is 164 Å². The molecule has 0 unspecified atom stereocenters. The Balaban J connectivity index is 1.17. The van der Waals surface area contributed by atoms with Crippen molar-refractivity contribution in [3.8, 4) is 62.1 Å². The van der Waals surface area contributed by atoms with E-state index in [2.05, 4.69) is 156 Å². The molecule has 2 aromatic heterocycles. The van der Waals surface area contributed by atoms with Crippen molar-refractivity contribution in [3.63, 3.8) is 0 Å². The van der Waals surface area contributed by atoms with Crippen LogP contribution in [0.5, 0.6) is 0 Å². The molecule has 5 heteroatoms. The van der Waals surface area contributed by atoms with Crippen LogP contribution < -0.4 is 5.32 Å². The Kier molecular flexibility index (Phi) is 8.65. The molecule has 10 aromatic rings. The van der Waals surface area contributed by atoms with Crippen molar-refractivity contribution in [3.05, 3.63) is 206 Å². The van der Waals surface area contributed by atoms with Crippen molar-refractivity contribution < 1.29 is 0 Å². The first-order valence-electron chi connectivity index (χ1n) is 19.2. The molecular weight excluding hydrogens is 695 g/mol. The van der Waals surface area contributed by atoms with Gasteiger partial charge < -0.3 is 9.88 Å². The number of hydrogen-bond donors (Lipinski definition) is 1. The van der Waals surface area contributed by atoms with E-state index in [0.29, 0.717) is 17.5 Å². The number of hydrogen-bond acceptors (Lipinski definition) is 4. The van der Waals surface area contributed by atoms with Crippen molar-refractivity contribution >= 4 is 33.2 Å². The standard InChI is InChI=1S/C52H37N5/c1-35-18-11-12-27-41(35)43-30-16-31-44(49(43)53-39-24-9-4-10-25-39)42-29-17-33-47-48(42)45-28-13-14-32-46(45)57(47)40-26-15-23-38(34-40)52-55-50(36-19-5-2-6-20-36)54-51(56-52)37-21-7-3-8-22-37/h2-34,53H,1H3. The predicted molar refractivity (Wildman–Crippen MR) is 236 cm³/mol. The molecule has 0 saturated carbocycles. The molecule has 8 aromatic carbocycles. The molecule has 0 bridgehead atoms.